The van der Waals surface area contributed by atoms with Gasteiger partial charge in [0.15, 0.2) is 0 Å². The number of nitrogens with one attached hydrogen (secondary N) is 1. The summed E-state index contributed by atoms with van der Waals surface area (Å²) in [5, 5.41) is 2.50. The Morgan fingerprint density at radius 1 is 1.55 bits per heavy atom. The highest BCUT2D eigenvalue weighted by atomic mass is 19.4. The molecule has 1 aliphatic heterocycles. The minimum atomic E-state index is -4.50. The van der Waals surface area contributed by atoms with Gasteiger partial charge in [-0.3, -0.25) is 4.79 Å². The number of alkyl halides is 3. The number of aromatic nitrogens is 1. The molecule has 0 saturated carbocycles. The topological polar surface area (TPSA) is 77.2 Å². The Hall–Kier alpha value is -1.67. The molecule has 0 aromatic carbocycles. The molecule has 2 unspecified atom stereocenters. The fourth-order valence-corrected chi connectivity index (χ4v) is 1.83. The number of anilines is 1. The Morgan fingerprint density at radius 2 is 2.25 bits per heavy atom. The average Bonchev–Trinajstić information content (AvgIpc) is 2.70. The summed E-state index contributed by atoms with van der Waals surface area (Å²) in [5.41, 5.74) is 4.07. The predicted octanol–water partition coefficient (Wildman–Crippen LogP) is 1.40. The highest BCUT2D eigenvalue weighted by molar-refractivity contribution is 5.95. The smallest absolute Gasteiger partial charge is 0.379 e. The fraction of sp³-hybridized carbons (Fsp3) is 0.500. The summed E-state index contributed by atoms with van der Waals surface area (Å²) < 4.78 is 42.2. The molecule has 2 heterocycles. The van der Waals surface area contributed by atoms with Crippen molar-refractivity contribution in [2.75, 3.05) is 18.5 Å². The molecule has 1 amide bonds. The molecule has 0 spiro atoms. The second-order valence-corrected chi connectivity index (χ2v) is 4.92. The molecule has 0 aliphatic carbocycles. The average molecular weight is 289 g/mol. The molecule has 0 radical (unpaired) electrons. The Balaban J connectivity index is 2.09. The summed E-state index contributed by atoms with van der Waals surface area (Å²) in [7, 11) is 0. The second kappa shape index (κ2) is 5.02. The van der Waals surface area contributed by atoms with Crippen LogP contribution in [0, 0.1) is 5.41 Å². The Kier molecular flexibility index (Phi) is 3.70. The first-order chi connectivity index (χ1) is 9.23. The van der Waals surface area contributed by atoms with Crippen LogP contribution in [0.25, 0.3) is 0 Å². The number of carbonyl (C=O) groups is 1. The van der Waals surface area contributed by atoms with Crippen molar-refractivity contribution >= 4 is 11.6 Å². The van der Waals surface area contributed by atoms with Gasteiger partial charge in [0, 0.05) is 6.04 Å². The molecule has 0 bridgehead atoms. The summed E-state index contributed by atoms with van der Waals surface area (Å²) >= 11 is 0. The highest BCUT2D eigenvalue weighted by Crippen LogP contribution is 2.30. The molecule has 2 rings (SSSR count). The third-order valence-corrected chi connectivity index (χ3v) is 3.35. The van der Waals surface area contributed by atoms with E-state index >= 15 is 0 Å². The summed E-state index contributed by atoms with van der Waals surface area (Å²) in [6, 6.07) is 1.51. The van der Waals surface area contributed by atoms with E-state index in [0.29, 0.717) is 0 Å². The van der Waals surface area contributed by atoms with E-state index in [1.54, 1.807) is 6.92 Å². The van der Waals surface area contributed by atoms with E-state index in [-0.39, 0.29) is 18.9 Å². The molecule has 5 nitrogen and oxygen atoms in total. The van der Waals surface area contributed by atoms with Gasteiger partial charge in [-0.15, -0.1) is 0 Å². The molecule has 1 saturated heterocycles. The van der Waals surface area contributed by atoms with Crippen LogP contribution in [0.3, 0.4) is 0 Å². The number of amides is 1. The maximum absolute atomic E-state index is 12.4. The SMILES string of the molecule is CC1(C(=O)Nc2ccc(C(F)(F)F)nc2)COCC1N. The first kappa shape index (κ1) is 14.7. The summed E-state index contributed by atoms with van der Waals surface area (Å²) in [6.45, 7) is 2.10. The number of hydrogen-bond donors (Lipinski definition) is 2. The molecule has 2 atom stereocenters. The van der Waals surface area contributed by atoms with Gasteiger partial charge >= 0.3 is 6.18 Å². The van der Waals surface area contributed by atoms with Gasteiger partial charge in [-0.25, -0.2) is 4.98 Å². The van der Waals surface area contributed by atoms with Crippen LogP contribution in [0.15, 0.2) is 18.3 Å². The third-order valence-electron chi connectivity index (χ3n) is 3.35. The van der Waals surface area contributed by atoms with Crippen molar-refractivity contribution in [3.8, 4) is 0 Å². The Bertz CT molecular complexity index is 504. The van der Waals surface area contributed by atoms with Crippen molar-refractivity contribution in [1.82, 2.24) is 4.98 Å². The van der Waals surface area contributed by atoms with E-state index in [1.165, 1.54) is 0 Å². The standard InChI is InChI=1S/C12H14F3N3O2/c1-11(6-20-5-8(11)16)10(19)18-7-2-3-9(17-4-7)12(13,14)15/h2-4,8H,5-6,16H2,1H3,(H,18,19). The van der Waals surface area contributed by atoms with Crippen molar-refractivity contribution in [3.05, 3.63) is 24.0 Å². The van der Waals surface area contributed by atoms with E-state index in [2.05, 4.69) is 10.3 Å². The largest absolute Gasteiger partial charge is 0.433 e. The van der Waals surface area contributed by atoms with Gasteiger partial charge < -0.3 is 15.8 Å². The van der Waals surface area contributed by atoms with E-state index in [9.17, 15) is 18.0 Å². The van der Waals surface area contributed by atoms with E-state index < -0.39 is 29.2 Å². The summed E-state index contributed by atoms with van der Waals surface area (Å²) in [6.07, 6.45) is -3.54. The highest BCUT2D eigenvalue weighted by Gasteiger charge is 2.44. The van der Waals surface area contributed by atoms with Crippen molar-refractivity contribution in [2.24, 2.45) is 11.1 Å². The number of hydrogen-bond acceptors (Lipinski definition) is 4. The van der Waals surface area contributed by atoms with Crippen molar-refractivity contribution in [2.45, 2.75) is 19.1 Å². The zero-order valence-corrected chi connectivity index (χ0v) is 10.7. The van der Waals surface area contributed by atoms with Gasteiger partial charge in [-0.1, -0.05) is 0 Å². The number of halogens is 3. The quantitative estimate of drug-likeness (QED) is 0.863. The normalized spacial score (nSPS) is 26.6. The Labute approximate surface area is 113 Å². The molecular formula is C12H14F3N3O2. The lowest BCUT2D eigenvalue weighted by atomic mass is 9.85. The number of rotatable bonds is 2. The zero-order chi connectivity index (χ0) is 15.0. The predicted molar refractivity (Wildman–Crippen MR) is 64.8 cm³/mol. The second-order valence-electron chi connectivity index (χ2n) is 4.92. The number of ether oxygens (including phenoxy) is 1. The van der Waals surface area contributed by atoms with E-state index in [1.807, 2.05) is 0 Å². The maximum Gasteiger partial charge on any atom is 0.433 e. The van der Waals surface area contributed by atoms with Crippen molar-refractivity contribution in [1.29, 1.82) is 0 Å². The van der Waals surface area contributed by atoms with Crippen LogP contribution >= 0.6 is 0 Å². The maximum atomic E-state index is 12.4. The van der Waals surface area contributed by atoms with Crippen molar-refractivity contribution < 1.29 is 22.7 Å². The molecule has 1 aromatic heterocycles. The lowest BCUT2D eigenvalue weighted by Crippen LogP contribution is -2.47. The molecule has 20 heavy (non-hydrogen) atoms. The van der Waals surface area contributed by atoms with Crippen LogP contribution in [-0.2, 0) is 15.7 Å². The lowest BCUT2D eigenvalue weighted by molar-refractivity contribution is -0.141. The third kappa shape index (κ3) is 2.75. The molecule has 1 aromatic rings. The zero-order valence-electron chi connectivity index (χ0n) is 10.7. The number of nitrogens with two attached hydrogens (primary N) is 1. The molecular weight excluding hydrogens is 275 g/mol. The first-order valence-electron chi connectivity index (χ1n) is 5.91. The summed E-state index contributed by atoms with van der Waals surface area (Å²) in [5.74, 6) is -0.399. The molecule has 3 N–H and O–H groups in total. The molecule has 1 aliphatic rings. The van der Waals surface area contributed by atoms with Crippen LogP contribution in [-0.4, -0.2) is 30.1 Å². The molecule has 1 fully saturated rings. The molecule has 8 heteroatoms. The van der Waals surface area contributed by atoms with Gasteiger partial charge in [0.2, 0.25) is 5.91 Å². The van der Waals surface area contributed by atoms with E-state index in [0.717, 1.165) is 18.3 Å². The number of carbonyl (C=O) groups excluding carboxylic acids is 1. The van der Waals surface area contributed by atoms with Crippen molar-refractivity contribution in [3.63, 3.8) is 0 Å². The van der Waals surface area contributed by atoms with Gasteiger partial charge in [0.25, 0.3) is 0 Å². The van der Waals surface area contributed by atoms with Crippen LogP contribution in [0.2, 0.25) is 0 Å². The van der Waals surface area contributed by atoms with Gasteiger partial charge in [0.05, 0.1) is 30.5 Å². The van der Waals surface area contributed by atoms with Gasteiger partial charge in [-0.2, -0.15) is 13.2 Å². The van der Waals surface area contributed by atoms with Crippen LogP contribution in [0.5, 0.6) is 0 Å². The van der Waals surface area contributed by atoms with Crippen LogP contribution in [0.1, 0.15) is 12.6 Å². The first-order valence-corrected chi connectivity index (χ1v) is 5.91. The number of pyridine rings is 1. The van der Waals surface area contributed by atoms with Gasteiger partial charge in [0.1, 0.15) is 5.69 Å². The summed E-state index contributed by atoms with van der Waals surface area (Å²) in [4.78, 5) is 15.4. The van der Waals surface area contributed by atoms with E-state index in [4.69, 9.17) is 10.5 Å². The molecule has 110 valence electrons. The number of nitrogens with zero attached hydrogens (tertiary/aromatic N) is 1. The fourth-order valence-electron chi connectivity index (χ4n) is 1.83. The monoisotopic (exact) mass is 289 g/mol. The van der Waals surface area contributed by atoms with Crippen LogP contribution in [0.4, 0.5) is 18.9 Å². The van der Waals surface area contributed by atoms with Crippen LogP contribution < -0.4 is 11.1 Å². The lowest BCUT2D eigenvalue weighted by Gasteiger charge is -2.25. The Morgan fingerprint density at radius 3 is 2.70 bits per heavy atom. The minimum absolute atomic E-state index is 0.175. The minimum Gasteiger partial charge on any atom is -0.379 e. The van der Waals surface area contributed by atoms with Gasteiger partial charge in [-0.05, 0) is 19.1 Å².